The number of imidazole rings is 1. The molecule has 1 N–H and O–H groups in total. The van der Waals surface area contributed by atoms with Crippen LogP contribution in [0.1, 0.15) is 13.8 Å². The van der Waals surface area contributed by atoms with Crippen LogP contribution in [-0.2, 0) is 6.54 Å². The van der Waals surface area contributed by atoms with E-state index in [2.05, 4.69) is 10.1 Å². The first-order valence-electron chi connectivity index (χ1n) is 6.10. The van der Waals surface area contributed by atoms with Gasteiger partial charge in [0.15, 0.2) is 0 Å². The molecule has 5 heteroatoms. The fourth-order valence-corrected chi connectivity index (χ4v) is 2.13. The largest absolute Gasteiger partial charge is 0.389 e. The van der Waals surface area contributed by atoms with E-state index in [1.165, 1.54) is 0 Å². The minimum Gasteiger partial charge on any atom is -0.389 e. The van der Waals surface area contributed by atoms with Crippen molar-refractivity contribution in [3.63, 3.8) is 0 Å². The van der Waals surface area contributed by atoms with Crippen LogP contribution in [0.2, 0.25) is 0 Å². The molecule has 0 unspecified atom stereocenters. The number of benzene rings is 1. The molecule has 2 heterocycles. The predicted octanol–water partition coefficient (Wildman–Crippen LogP) is 2.46. The molecule has 0 saturated heterocycles. The minimum absolute atomic E-state index is 0.497. The average Bonchev–Trinajstić information content (AvgIpc) is 2.96. The summed E-state index contributed by atoms with van der Waals surface area (Å²) in [5, 5.41) is 13.6. The van der Waals surface area contributed by atoms with Crippen molar-refractivity contribution >= 4 is 11.0 Å². The second-order valence-electron chi connectivity index (χ2n) is 5.30. The van der Waals surface area contributed by atoms with E-state index in [0.717, 1.165) is 22.2 Å². The van der Waals surface area contributed by atoms with Crippen molar-refractivity contribution in [2.45, 2.75) is 26.0 Å². The minimum atomic E-state index is -0.777. The summed E-state index contributed by atoms with van der Waals surface area (Å²) in [7, 11) is 0. The molecular formula is C14H15N3O2. The Hall–Kier alpha value is -2.14. The third-order valence-electron chi connectivity index (χ3n) is 2.94. The van der Waals surface area contributed by atoms with Gasteiger partial charge in [-0.15, -0.1) is 0 Å². The van der Waals surface area contributed by atoms with Crippen LogP contribution in [-0.4, -0.2) is 25.4 Å². The second kappa shape index (κ2) is 4.20. The molecule has 0 fully saturated rings. The van der Waals surface area contributed by atoms with Gasteiger partial charge in [0.05, 0.1) is 35.7 Å². The molecule has 0 radical (unpaired) electrons. The highest BCUT2D eigenvalue weighted by molar-refractivity contribution is 5.81. The fraction of sp³-hybridized carbons (Fsp3) is 0.286. The third kappa shape index (κ3) is 2.37. The van der Waals surface area contributed by atoms with E-state index >= 15 is 0 Å². The van der Waals surface area contributed by atoms with Crippen molar-refractivity contribution in [1.82, 2.24) is 14.7 Å². The van der Waals surface area contributed by atoms with Crippen molar-refractivity contribution in [2.24, 2.45) is 0 Å². The van der Waals surface area contributed by atoms with Gasteiger partial charge in [-0.25, -0.2) is 4.98 Å². The summed E-state index contributed by atoms with van der Waals surface area (Å²) in [6.45, 7) is 4.06. The molecule has 0 spiro atoms. The molecule has 3 rings (SSSR count). The number of hydrogen-bond donors (Lipinski definition) is 1. The molecule has 3 aromatic rings. The Bertz CT molecular complexity index is 693. The summed E-state index contributed by atoms with van der Waals surface area (Å²) in [5.74, 6) is 0. The number of aliphatic hydroxyl groups is 1. The zero-order valence-corrected chi connectivity index (χ0v) is 10.9. The van der Waals surface area contributed by atoms with Gasteiger partial charge in [-0.1, -0.05) is 11.2 Å². The average molecular weight is 257 g/mol. The molecule has 0 aliphatic heterocycles. The molecule has 0 aliphatic rings. The first-order chi connectivity index (χ1) is 9.03. The van der Waals surface area contributed by atoms with Crippen LogP contribution in [0.15, 0.2) is 41.5 Å². The Kier molecular flexibility index (Phi) is 2.64. The van der Waals surface area contributed by atoms with Gasteiger partial charge in [-0.05, 0) is 31.5 Å². The molecule has 1 aromatic carbocycles. The van der Waals surface area contributed by atoms with Crippen LogP contribution in [0, 0.1) is 0 Å². The van der Waals surface area contributed by atoms with Crippen LogP contribution in [0.25, 0.3) is 22.2 Å². The van der Waals surface area contributed by atoms with E-state index in [9.17, 15) is 5.11 Å². The lowest BCUT2D eigenvalue weighted by Gasteiger charge is -2.18. The summed E-state index contributed by atoms with van der Waals surface area (Å²) in [4.78, 5) is 4.34. The zero-order valence-electron chi connectivity index (χ0n) is 10.9. The van der Waals surface area contributed by atoms with Gasteiger partial charge in [0.1, 0.15) is 6.26 Å². The monoisotopic (exact) mass is 257 g/mol. The van der Waals surface area contributed by atoms with Crippen molar-refractivity contribution in [1.29, 1.82) is 0 Å². The maximum Gasteiger partial charge on any atom is 0.131 e. The highest BCUT2D eigenvalue weighted by Gasteiger charge is 2.15. The fourth-order valence-electron chi connectivity index (χ4n) is 2.13. The number of aromatic nitrogens is 3. The number of hydrogen-bond acceptors (Lipinski definition) is 4. The molecule has 2 aromatic heterocycles. The Morgan fingerprint density at radius 3 is 2.84 bits per heavy atom. The number of rotatable bonds is 3. The van der Waals surface area contributed by atoms with E-state index in [-0.39, 0.29) is 0 Å². The van der Waals surface area contributed by atoms with E-state index in [4.69, 9.17) is 4.52 Å². The Morgan fingerprint density at radius 2 is 2.16 bits per heavy atom. The van der Waals surface area contributed by atoms with Gasteiger partial charge in [0.2, 0.25) is 0 Å². The molecule has 0 amide bonds. The summed E-state index contributed by atoms with van der Waals surface area (Å²) in [5.41, 5.74) is 3.07. The van der Waals surface area contributed by atoms with E-state index in [1.807, 2.05) is 22.8 Å². The number of nitrogens with zero attached hydrogens (tertiary/aromatic N) is 3. The van der Waals surface area contributed by atoms with E-state index < -0.39 is 5.60 Å². The highest BCUT2D eigenvalue weighted by atomic mass is 16.5. The van der Waals surface area contributed by atoms with Crippen LogP contribution < -0.4 is 0 Å². The van der Waals surface area contributed by atoms with Crippen LogP contribution in [0.4, 0.5) is 0 Å². The Balaban J connectivity index is 2.08. The third-order valence-corrected chi connectivity index (χ3v) is 2.94. The van der Waals surface area contributed by atoms with E-state index in [0.29, 0.717) is 6.54 Å². The molecule has 98 valence electrons. The molecule has 19 heavy (non-hydrogen) atoms. The van der Waals surface area contributed by atoms with Gasteiger partial charge < -0.3 is 14.2 Å². The molecule has 0 saturated carbocycles. The summed E-state index contributed by atoms with van der Waals surface area (Å²) < 4.78 is 6.81. The van der Waals surface area contributed by atoms with Crippen molar-refractivity contribution in [2.75, 3.05) is 0 Å². The maximum atomic E-state index is 9.93. The van der Waals surface area contributed by atoms with E-state index in [1.54, 1.807) is 32.6 Å². The normalized spacial score (nSPS) is 12.2. The summed E-state index contributed by atoms with van der Waals surface area (Å²) in [6, 6.07) is 5.97. The second-order valence-corrected chi connectivity index (χ2v) is 5.30. The van der Waals surface area contributed by atoms with Crippen LogP contribution >= 0.6 is 0 Å². The maximum absolute atomic E-state index is 9.93. The molecule has 0 atom stereocenters. The van der Waals surface area contributed by atoms with Crippen molar-refractivity contribution in [3.05, 3.63) is 37.0 Å². The summed E-state index contributed by atoms with van der Waals surface area (Å²) >= 11 is 0. The SMILES string of the molecule is CC(C)(O)Cn1cnc2ccc(-c3cnoc3)cc21. The Labute approximate surface area is 110 Å². The lowest BCUT2D eigenvalue weighted by atomic mass is 10.1. The standard InChI is InChI=1S/C14H15N3O2/c1-14(2,18)8-17-9-15-12-4-3-10(5-13(12)17)11-6-16-19-7-11/h3-7,9,18H,8H2,1-2H3. The van der Waals surface area contributed by atoms with Gasteiger partial charge in [0.25, 0.3) is 0 Å². The highest BCUT2D eigenvalue weighted by Crippen LogP contribution is 2.24. The molecule has 5 nitrogen and oxygen atoms in total. The smallest absolute Gasteiger partial charge is 0.131 e. The van der Waals surface area contributed by atoms with Crippen molar-refractivity contribution < 1.29 is 9.63 Å². The summed E-state index contributed by atoms with van der Waals surface area (Å²) in [6.07, 6.45) is 5.04. The first kappa shape index (κ1) is 11.9. The van der Waals surface area contributed by atoms with Crippen LogP contribution in [0.5, 0.6) is 0 Å². The van der Waals surface area contributed by atoms with Crippen molar-refractivity contribution in [3.8, 4) is 11.1 Å². The zero-order chi connectivity index (χ0) is 13.5. The van der Waals surface area contributed by atoms with Gasteiger partial charge in [-0.2, -0.15) is 0 Å². The first-order valence-corrected chi connectivity index (χ1v) is 6.10. The molecular weight excluding hydrogens is 242 g/mol. The lowest BCUT2D eigenvalue weighted by Crippen LogP contribution is -2.25. The van der Waals surface area contributed by atoms with Gasteiger partial charge in [0, 0.05) is 5.56 Å². The quantitative estimate of drug-likeness (QED) is 0.782. The van der Waals surface area contributed by atoms with Gasteiger partial charge >= 0.3 is 0 Å². The Morgan fingerprint density at radius 1 is 1.32 bits per heavy atom. The lowest BCUT2D eigenvalue weighted by molar-refractivity contribution is 0.0627. The molecule has 0 aliphatic carbocycles. The van der Waals surface area contributed by atoms with Gasteiger partial charge in [-0.3, -0.25) is 0 Å². The predicted molar refractivity (Wildman–Crippen MR) is 71.5 cm³/mol. The van der Waals surface area contributed by atoms with Crippen LogP contribution in [0.3, 0.4) is 0 Å². The number of fused-ring (bicyclic) bond motifs is 1. The molecule has 0 bridgehead atoms. The topological polar surface area (TPSA) is 64.1 Å².